The maximum Gasteiger partial charge on any atom is 0.263 e. The van der Waals surface area contributed by atoms with Crippen LogP contribution in [-0.4, -0.2) is 53.5 Å². The molecule has 0 aliphatic carbocycles. The predicted molar refractivity (Wildman–Crippen MR) is 123 cm³/mol. The van der Waals surface area contributed by atoms with Gasteiger partial charge < -0.3 is 19.5 Å². The van der Waals surface area contributed by atoms with Crippen LogP contribution in [-0.2, 0) is 20.2 Å². The van der Waals surface area contributed by atoms with E-state index in [0.717, 1.165) is 11.8 Å². The van der Waals surface area contributed by atoms with Crippen LogP contribution >= 0.6 is 0 Å². The Labute approximate surface area is 189 Å². The quantitative estimate of drug-likeness (QED) is 0.636. The lowest BCUT2D eigenvalue weighted by Crippen LogP contribution is -2.51. The Morgan fingerprint density at radius 2 is 1.88 bits per heavy atom. The molecule has 1 aliphatic rings. The number of rotatable bonds is 7. The van der Waals surface area contributed by atoms with Crippen molar-refractivity contribution < 1.29 is 27.4 Å². The highest BCUT2D eigenvalue weighted by Crippen LogP contribution is 2.38. The number of fused-ring (bicyclic) bond motifs is 1. The summed E-state index contributed by atoms with van der Waals surface area (Å²) in [6.07, 6.45) is 0.158. The molecule has 2 aromatic rings. The summed E-state index contributed by atoms with van der Waals surface area (Å²) in [6.45, 7) is 6.50. The Morgan fingerprint density at radius 3 is 2.50 bits per heavy atom. The Balaban J connectivity index is 1.68. The van der Waals surface area contributed by atoms with Crippen LogP contribution in [0.1, 0.15) is 26.3 Å². The average molecular weight is 463 g/mol. The number of nitrogens with one attached hydrogen (secondary N) is 1. The number of ether oxygens (including phenoxy) is 3. The van der Waals surface area contributed by atoms with Crippen molar-refractivity contribution >= 4 is 21.6 Å². The summed E-state index contributed by atoms with van der Waals surface area (Å²) in [6, 6.07) is 12.6. The molecule has 0 saturated heterocycles. The Bertz CT molecular complexity index is 1080. The summed E-state index contributed by atoms with van der Waals surface area (Å²) >= 11 is 0. The van der Waals surface area contributed by atoms with Gasteiger partial charge in [0.25, 0.3) is 5.91 Å². The van der Waals surface area contributed by atoms with Gasteiger partial charge >= 0.3 is 0 Å². The van der Waals surface area contributed by atoms with Crippen molar-refractivity contribution in [1.82, 2.24) is 5.32 Å². The summed E-state index contributed by atoms with van der Waals surface area (Å²) < 4.78 is 42.9. The van der Waals surface area contributed by atoms with Gasteiger partial charge in [0, 0.05) is 0 Å². The van der Waals surface area contributed by atoms with Gasteiger partial charge in [-0.05, 0) is 35.2 Å². The standard InChI is InChI=1S/C23H30N2O6S/c1-23(2,3)16-10-11-18-17(14-16)25(32(5,27)28)15-21(31-18)22(26)24-12-13-30-20-9-7-6-8-19(20)29-4/h6-11,14,21H,12-13,15H2,1-5H3,(H,24,26)/t21-/m1/s1. The van der Waals surface area contributed by atoms with Crippen LogP contribution in [0, 0.1) is 0 Å². The van der Waals surface area contributed by atoms with Crippen molar-refractivity contribution in [2.45, 2.75) is 32.3 Å². The maximum atomic E-state index is 12.7. The van der Waals surface area contributed by atoms with Gasteiger partial charge in [0.1, 0.15) is 12.4 Å². The molecule has 1 amide bonds. The van der Waals surface area contributed by atoms with Crippen molar-refractivity contribution in [3.8, 4) is 17.2 Å². The van der Waals surface area contributed by atoms with E-state index >= 15 is 0 Å². The van der Waals surface area contributed by atoms with Crippen molar-refractivity contribution in [1.29, 1.82) is 0 Å². The Hall–Kier alpha value is -2.94. The number of benzene rings is 2. The topological polar surface area (TPSA) is 94.2 Å². The van der Waals surface area contributed by atoms with Crippen LogP contribution in [0.25, 0.3) is 0 Å². The van der Waals surface area contributed by atoms with Crippen LogP contribution in [0.5, 0.6) is 17.2 Å². The van der Waals surface area contributed by atoms with Gasteiger partial charge in [-0.2, -0.15) is 0 Å². The third-order valence-electron chi connectivity index (χ3n) is 5.12. The zero-order valence-electron chi connectivity index (χ0n) is 19.0. The van der Waals surface area contributed by atoms with Crippen molar-refractivity contribution in [3.63, 3.8) is 0 Å². The number of para-hydroxylation sites is 2. The smallest absolute Gasteiger partial charge is 0.263 e. The summed E-state index contributed by atoms with van der Waals surface area (Å²) in [5.74, 6) is 1.13. The molecule has 1 heterocycles. The summed E-state index contributed by atoms with van der Waals surface area (Å²) in [4.78, 5) is 12.7. The van der Waals surface area contributed by atoms with E-state index in [2.05, 4.69) is 5.32 Å². The third kappa shape index (κ3) is 5.45. The van der Waals surface area contributed by atoms with E-state index in [1.807, 2.05) is 45.0 Å². The second-order valence-electron chi connectivity index (χ2n) is 8.62. The van der Waals surface area contributed by atoms with Crippen LogP contribution in [0.2, 0.25) is 0 Å². The van der Waals surface area contributed by atoms with E-state index in [1.165, 1.54) is 4.31 Å². The average Bonchev–Trinajstić information content (AvgIpc) is 2.74. The van der Waals surface area contributed by atoms with Gasteiger partial charge in [0.2, 0.25) is 10.0 Å². The van der Waals surface area contributed by atoms with Gasteiger partial charge in [-0.15, -0.1) is 0 Å². The van der Waals surface area contributed by atoms with Crippen LogP contribution in [0.15, 0.2) is 42.5 Å². The molecule has 0 radical (unpaired) electrons. The summed E-state index contributed by atoms with van der Waals surface area (Å²) in [5.41, 5.74) is 1.27. The molecule has 1 atom stereocenters. The summed E-state index contributed by atoms with van der Waals surface area (Å²) in [7, 11) is -2.05. The van der Waals surface area contributed by atoms with Crippen LogP contribution < -0.4 is 23.8 Å². The first-order chi connectivity index (χ1) is 15.0. The summed E-state index contributed by atoms with van der Waals surface area (Å²) in [5, 5.41) is 2.75. The lowest BCUT2D eigenvalue weighted by molar-refractivity contribution is -0.127. The molecule has 8 nitrogen and oxygen atoms in total. The second-order valence-corrected chi connectivity index (χ2v) is 10.5. The molecule has 0 saturated carbocycles. The van der Waals surface area contributed by atoms with Gasteiger partial charge in [-0.1, -0.05) is 39.0 Å². The molecule has 0 unspecified atom stereocenters. The Kier molecular flexibility index (Phi) is 6.88. The largest absolute Gasteiger partial charge is 0.493 e. The molecule has 0 fully saturated rings. The number of hydrogen-bond acceptors (Lipinski definition) is 6. The number of carbonyl (C=O) groups excluding carboxylic acids is 1. The van der Waals surface area contributed by atoms with Gasteiger partial charge in [-0.3, -0.25) is 9.10 Å². The van der Waals surface area contributed by atoms with Crippen LogP contribution in [0.4, 0.5) is 5.69 Å². The molecule has 1 N–H and O–H groups in total. The van der Waals surface area contributed by atoms with Gasteiger partial charge in [0.15, 0.2) is 17.6 Å². The first kappa shape index (κ1) is 23.7. The zero-order valence-corrected chi connectivity index (χ0v) is 19.9. The van der Waals surface area contributed by atoms with E-state index in [0.29, 0.717) is 22.9 Å². The minimum Gasteiger partial charge on any atom is -0.493 e. The number of nitrogens with zero attached hydrogens (tertiary/aromatic N) is 1. The highest BCUT2D eigenvalue weighted by atomic mass is 32.2. The SMILES string of the molecule is COc1ccccc1OCCNC(=O)[C@H]1CN(S(C)(=O)=O)c2cc(C(C)(C)C)ccc2O1. The van der Waals surface area contributed by atoms with Crippen LogP contribution in [0.3, 0.4) is 0 Å². The molecule has 3 rings (SSSR count). The third-order valence-corrected chi connectivity index (χ3v) is 6.26. The zero-order chi connectivity index (χ0) is 23.5. The highest BCUT2D eigenvalue weighted by Gasteiger charge is 2.35. The van der Waals surface area contributed by atoms with Crippen molar-refractivity contribution in [2.75, 3.05) is 37.4 Å². The molecular formula is C23H30N2O6S. The number of amides is 1. The molecular weight excluding hydrogens is 432 g/mol. The van der Waals surface area contributed by atoms with Crippen molar-refractivity contribution in [3.05, 3.63) is 48.0 Å². The fraction of sp³-hybridized carbons (Fsp3) is 0.435. The fourth-order valence-electron chi connectivity index (χ4n) is 3.36. The molecule has 0 aromatic heterocycles. The maximum absolute atomic E-state index is 12.7. The number of hydrogen-bond donors (Lipinski definition) is 1. The molecule has 32 heavy (non-hydrogen) atoms. The molecule has 9 heteroatoms. The first-order valence-corrected chi connectivity index (χ1v) is 12.2. The highest BCUT2D eigenvalue weighted by molar-refractivity contribution is 7.92. The van der Waals surface area contributed by atoms with Gasteiger partial charge in [0.05, 0.1) is 32.1 Å². The number of carbonyl (C=O) groups is 1. The lowest BCUT2D eigenvalue weighted by Gasteiger charge is -2.35. The first-order valence-electron chi connectivity index (χ1n) is 10.3. The number of sulfonamides is 1. The lowest BCUT2D eigenvalue weighted by atomic mass is 9.86. The number of methoxy groups -OCH3 is 1. The monoisotopic (exact) mass is 462 g/mol. The van der Waals surface area contributed by atoms with E-state index in [4.69, 9.17) is 14.2 Å². The van der Waals surface area contributed by atoms with E-state index < -0.39 is 22.0 Å². The molecule has 0 spiro atoms. The number of anilines is 1. The minimum absolute atomic E-state index is 0.0986. The van der Waals surface area contributed by atoms with E-state index in [9.17, 15) is 13.2 Å². The van der Waals surface area contributed by atoms with Gasteiger partial charge in [-0.25, -0.2) is 8.42 Å². The van der Waals surface area contributed by atoms with Crippen molar-refractivity contribution in [2.24, 2.45) is 0 Å². The normalized spacial score (nSPS) is 16.0. The Morgan fingerprint density at radius 1 is 1.19 bits per heavy atom. The predicted octanol–water partition coefficient (Wildman–Crippen LogP) is 2.71. The van der Waals surface area contributed by atoms with E-state index in [-0.39, 0.29) is 25.1 Å². The minimum atomic E-state index is -3.60. The molecule has 1 aliphatic heterocycles. The molecule has 174 valence electrons. The molecule has 0 bridgehead atoms. The molecule has 2 aromatic carbocycles. The fourth-order valence-corrected chi connectivity index (χ4v) is 4.26. The van der Waals surface area contributed by atoms with E-state index in [1.54, 1.807) is 25.3 Å². The second kappa shape index (κ2) is 9.28.